The molecule has 0 spiro atoms. The largest absolute Gasteiger partial charge is 0.504 e. The first kappa shape index (κ1) is 30.3. The van der Waals surface area contributed by atoms with Gasteiger partial charge >= 0.3 is 6.03 Å². The number of aryl methyl sites for hydroxylation is 1. The Morgan fingerprint density at radius 3 is 2.38 bits per heavy atom. The van der Waals surface area contributed by atoms with Gasteiger partial charge in [0.2, 0.25) is 5.91 Å². The number of phenols is 1. The third-order valence-electron chi connectivity index (χ3n) is 7.03. The van der Waals surface area contributed by atoms with Crippen molar-refractivity contribution in [2.24, 2.45) is 5.92 Å². The number of rotatable bonds is 14. The molecule has 2 unspecified atom stereocenters. The molecule has 0 saturated heterocycles. The average Bonchev–Trinajstić information content (AvgIpc) is 2.98. The smallest absolute Gasteiger partial charge is 0.319 e. The number of hydrogen-bond acceptors (Lipinski definition) is 5. The molecule has 3 rings (SSSR count). The number of methoxy groups -OCH3 is 1. The summed E-state index contributed by atoms with van der Waals surface area (Å²) >= 11 is 0. The number of carbonyl (C=O) groups excluding carboxylic acids is 2. The number of ether oxygens (including phenoxy) is 2. The summed E-state index contributed by atoms with van der Waals surface area (Å²) in [5.41, 5.74) is 2.34. The molecule has 0 aliphatic carbocycles. The fourth-order valence-corrected chi connectivity index (χ4v) is 4.33. The standard InChI is InChI=1S/C32H41N3O5/c1-5-22(3)29(35-32(38)34-26-15-11-16-27(20-26)39-4)31(37)33-25(6-2)19-18-24-14-10-17-28(30(24)36)40-21-23-12-8-7-9-13-23/h7-17,20,22,25,29,36H,5-6,18-19,21H2,1-4H3,(H,33,37)(H2,34,35,38)/t22?,25?,29-/m0/s1. The van der Waals surface area contributed by atoms with Crippen LogP contribution in [0.15, 0.2) is 72.8 Å². The fourth-order valence-electron chi connectivity index (χ4n) is 4.33. The van der Waals surface area contributed by atoms with Crippen LogP contribution in [0.2, 0.25) is 0 Å². The molecular formula is C32H41N3O5. The molecule has 0 bridgehead atoms. The van der Waals surface area contributed by atoms with Crippen LogP contribution >= 0.6 is 0 Å². The zero-order valence-corrected chi connectivity index (χ0v) is 23.8. The van der Waals surface area contributed by atoms with Crippen molar-refractivity contribution in [2.45, 2.75) is 65.1 Å². The van der Waals surface area contributed by atoms with Gasteiger partial charge < -0.3 is 30.5 Å². The van der Waals surface area contributed by atoms with Crippen LogP contribution in [-0.2, 0) is 17.8 Å². The maximum Gasteiger partial charge on any atom is 0.319 e. The molecule has 3 amide bonds. The van der Waals surface area contributed by atoms with Crippen molar-refractivity contribution in [3.8, 4) is 17.2 Å². The fraction of sp³-hybridized carbons (Fsp3) is 0.375. The quantitative estimate of drug-likeness (QED) is 0.197. The highest BCUT2D eigenvalue weighted by Gasteiger charge is 2.27. The summed E-state index contributed by atoms with van der Waals surface area (Å²) in [4.78, 5) is 26.1. The van der Waals surface area contributed by atoms with Crippen molar-refractivity contribution in [3.63, 3.8) is 0 Å². The lowest BCUT2D eigenvalue weighted by Crippen LogP contribution is -2.53. The van der Waals surface area contributed by atoms with Crippen molar-refractivity contribution in [1.29, 1.82) is 0 Å². The van der Waals surface area contributed by atoms with Gasteiger partial charge in [-0.15, -0.1) is 0 Å². The zero-order chi connectivity index (χ0) is 28.9. The van der Waals surface area contributed by atoms with Crippen LogP contribution < -0.4 is 25.4 Å². The van der Waals surface area contributed by atoms with Crippen LogP contribution in [0.25, 0.3) is 0 Å². The lowest BCUT2D eigenvalue weighted by molar-refractivity contribution is -0.124. The Balaban J connectivity index is 1.58. The molecule has 0 aliphatic heterocycles. The number of amides is 3. The van der Waals surface area contributed by atoms with E-state index < -0.39 is 12.1 Å². The Bertz CT molecular complexity index is 1230. The summed E-state index contributed by atoms with van der Waals surface area (Å²) in [6.45, 7) is 6.29. The van der Waals surface area contributed by atoms with Crippen LogP contribution in [0.3, 0.4) is 0 Å². The third-order valence-corrected chi connectivity index (χ3v) is 7.03. The van der Waals surface area contributed by atoms with E-state index in [-0.39, 0.29) is 23.6 Å². The Kier molecular flexibility index (Phi) is 11.7. The van der Waals surface area contributed by atoms with E-state index >= 15 is 0 Å². The number of nitrogens with one attached hydrogen (secondary N) is 3. The van der Waals surface area contributed by atoms with Crippen LogP contribution in [-0.4, -0.2) is 36.2 Å². The molecule has 0 heterocycles. The van der Waals surface area contributed by atoms with E-state index in [0.717, 1.165) is 17.5 Å². The zero-order valence-electron chi connectivity index (χ0n) is 23.8. The number of carbonyl (C=O) groups is 2. The Hall–Kier alpha value is -4.20. The molecule has 214 valence electrons. The minimum absolute atomic E-state index is 0.0731. The van der Waals surface area contributed by atoms with Gasteiger partial charge in [-0.3, -0.25) is 4.79 Å². The molecule has 3 aromatic rings. The highest BCUT2D eigenvalue weighted by atomic mass is 16.5. The van der Waals surface area contributed by atoms with Crippen LogP contribution in [0.5, 0.6) is 17.2 Å². The van der Waals surface area contributed by atoms with Crippen molar-refractivity contribution >= 4 is 17.6 Å². The Morgan fingerprint density at radius 2 is 1.68 bits per heavy atom. The van der Waals surface area contributed by atoms with Gasteiger partial charge in [0.25, 0.3) is 0 Å². The second kappa shape index (κ2) is 15.4. The molecule has 3 aromatic carbocycles. The molecule has 4 N–H and O–H groups in total. The van der Waals surface area contributed by atoms with Gasteiger partial charge in [-0.05, 0) is 54.5 Å². The normalized spacial score (nSPS) is 13.0. The maximum absolute atomic E-state index is 13.3. The van der Waals surface area contributed by atoms with Gasteiger partial charge in [0.05, 0.1) is 7.11 Å². The van der Waals surface area contributed by atoms with Crippen molar-refractivity contribution in [1.82, 2.24) is 10.6 Å². The highest BCUT2D eigenvalue weighted by molar-refractivity contribution is 5.94. The number of phenolic OH excluding ortho intramolecular Hbond substituents is 1. The van der Waals surface area contributed by atoms with Crippen molar-refractivity contribution < 1.29 is 24.2 Å². The molecule has 0 radical (unpaired) electrons. The van der Waals surface area contributed by atoms with E-state index in [4.69, 9.17) is 9.47 Å². The Morgan fingerprint density at radius 1 is 0.925 bits per heavy atom. The number of para-hydroxylation sites is 1. The molecule has 8 nitrogen and oxygen atoms in total. The number of aromatic hydroxyl groups is 1. The van der Waals surface area contributed by atoms with E-state index in [1.807, 2.05) is 63.2 Å². The summed E-state index contributed by atoms with van der Waals surface area (Å²) in [7, 11) is 1.56. The molecule has 8 heteroatoms. The van der Waals surface area contributed by atoms with Crippen LogP contribution in [0, 0.1) is 5.92 Å². The Labute approximate surface area is 237 Å². The highest BCUT2D eigenvalue weighted by Crippen LogP contribution is 2.31. The lowest BCUT2D eigenvalue weighted by atomic mass is 9.97. The topological polar surface area (TPSA) is 109 Å². The van der Waals surface area contributed by atoms with Gasteiger partial charge in [0.15, 0.2) is 11.5 Å². The number of benzene rings is 3. The first-order valence-electron chi connectivity index (χ1n) is 13.8. The predicted octanol–water partition coefficient (Wildman–Crippen LogP) is 6.04. The van der Waals surface area contributed by atoms with Crippen molar-refractivity contribution in [3.05, 3.63) is 83.9 Å². The molecule has 40 heavy (non-hydrogen) atoms. The van der Waals surface area contributed by atoms with Gasteiger partial charge in [-0.2, -0.15) is 0 Å². The van der Waals surface area contributed by atoms with E-state index in [1.165, 1.54) is 0 Å². The molecule has 0 aliphatic rings. The average molecular weight is 548 g/mol. The summed E-state index contributed by atoms with van der Waals surface area (Å²) in [5, 5.41) is 19.5. The summed E-state index contributed by atoms with van der Waals surface area (Å²) in [6.07, 6.45) is 2.62. The van der Waals surface area contributed by atoms with E-state index in [9.17, 15) is 14.7 Å². The van der Waals surface area contributed by atoms with Crippen LogP contribution in [0.1, 0.15) is 51.2 Å². The van der Waals surface area contributed by atoms with E-state index in [1.54, 1.807) is 37.4 Å². The summed E-state index contributed by atoms with van der Waals surface area (Å²) < 4.78 is 11.1. The van der Waals surface area contributed by atoms with Gasteiger partial charge in [0, 0.05) is 17.8 Å². The van der Waals surface area contributed by atoms with Gasteiger partial charge in [-0.25, -0.2) is 4.79 Å². The first-order valence-corrected chi connectivity index (χ1v) is 13.8. The molecule has 0 fully saturated rings. The van der Waals surface area contributed by atoms with Gasteiger partial charge in [-0.1, -0.05) is 75.7 Å². The first-order chi connectivity index (χ1) is 19.3. The maximum atomic E-state index is 13.3. The number of hydrogen-bond donors (Lipinski definition) is 4. The second-order valence-electron chi connectivity index (χ2n) is 9.88. The van der Waals surface area contributed by atoms with Crippen LogP contribution in [0.4, 0.5) is 10.5 Å². The molecule has 3 atom stereocenters. The molecule has 0 aromatic heterocycles. The summed E-state index contributed by atoms with van der Waals surface area (Å²) in [6, 6.07) is 21.0. The van der Waals surface area contributed by atoms with E-state index in [2.05, 4.69) is 16.0 Å². The second-order valence-corrected chi connectivity index (χ2v) is 9.88. The SMILES string of the molecule is CCC(CCc1cccc(OCc2ccccc2)c1O)NC(=O)[C@@H](NC(=O)Nc1cccc(OC)c1)C(C)CC. The predicted molar refractivity (Wildman–Crippen MR) is 158 cm³/mol. The minimum atomic E-state index is -0.701. The van der Waals surface area contributed by atoms with Crippen molar-refractivity contribution in [2.75, 3.05) is 12.4 Å². The van der Waals surface area contributed by atoms with Gasteiger partial charge in [0.1, 0.15) is 18.4 Å². The monoisotopic (exact) mass is 547 g/mol. The number of anilines is 1. The van der Waals surface area contributed by atoms with E-state index in [0.29, 0.717) is 43.1 Å². The molecular weight excluding hydrogens is 506 g/mol. The minimum Gasteiger partial charge on any atom is -0.504 e. The number of urea groups is 1. The third kappa shape index (κ3) is 8.93. The lowest BCUT2D eigenvalue weighted by Gasteiger charge is -2.26. The summed E-state index contributed by atoms with van der Waals surface area (Å²) in [5.74, 6) is 0.871. The molecule has 0 saturated carbocycles.